The molecule has 1 aromatic carbocycles. The first-order valence-corrected chi connectivity index (χ1v) is 15.3. The largest absolute Gasteiger partial charge is 0.508 e. The number of ether oxygens (including phenoxy) is 1. The number of aliphatic hydroxyl groups excluding tert-OH is 1. The van der Waals surface area contributed by atoms with Crippen LogP contribution < -0.4 is 4.74 Å². The lowest BCUT2D eigenvalue weighted by Crippen LogP contribution is -2.47. The van der Waals surface area contributed by atoms with E-state index in [4.69, 9.17) is 4.74 Å². The molecular weight excluding hydrogens is 490 g/mol. The summed E-state index contributed by atoms with van der Waals surface area (Å²) in [4.78, 5) is 13.4. The molecule has 1 fully saturated rings. The number of benzene rings is 1. The van der Waals surface area contributed by atoms with E-state index in [-0.39, 0.29) is 35.2 Å². The number of carboxylic acids is 1. The first-order valence-electron chi connectivity index (χ1n) is 15.3. The molecule has 39 heavy (non-hydrogen) atoms. The van der Waals surface area contributed by atoms with E-state index in [0.29, 0.717) is 18.7 Å². The number of rotatable bonds is 11. The van der Waals surface area contributed by atoms with Crippen LogP contribution in [-0.4, -0.2) is 57.5 Å². The minimum atomic E-state index is -0.743. The number of allylic oxidation sites excluding steroid dienone is 1. The van der Waals surface area contributed by atoms with Crippen LogP contribution >= 0.6 is 0 Å². The van der Waals surface area contributed by atoms with Gasteiger partial charge in [0.1, 0.15) is 17.1 Å². The third-order valence-electron chi connectivity index (χ3n) is 9.69. The second kappa shape index (κ2) is 12.2. The summed E-state index contributed by atoms with van der Waals surface area (Å²) in [5.74, 6) is 0.820. The number of likely N-dealkylation sites (tertiary alicyclic amines) is 1. The Morgan fingerprint density at radius 2 is 2.00 bits per heavy atom. The van der Waals surface area contributed by atoms with E-state index in [1.165, 1.54) is 25.7 Å². The number of fused-ring (bicyclic) bond motifs is 3. The number of hydrogen-bond donors (Lipinski definition) is 3. The van der Waals surface area contributed by atoms with Crippen molar-refractivity contribution in [3.63, 3.8) is 0 Å². The van der Waals surface area contributed by atoms with Crippen molar-refractivity contribution in [2.24, 2.45) is 11.8 Å². The van der Waals surface area contributed by atoms with Crippen LogP contribution in [0, 0.1) is 11.8 Å². The summed E-state index contributed by atoms with van der Waals surface area (Å²) in [6.45, 7) is 13.2. The lowest BCUT2D eigenvalue weighted by Gasteiger charge is -2.48. The monoisotopic (exact) mass is 541 g/mol. The number of hydrogen-bond acceptors (Lipinski definition) is 5. The fraction of sp³-hybridized carbons (Fsp3) is 0.727. The van der Waals surface area contributed by atoms with Crippen molar-refractivity contribution < 1.29 is 24.9 Å². The van der Waals surface area contributed by atoms with Gasteiger partial charge in [0.2, 0.25) is 0 Å². The summed E-state index contributed by atoms with van der Waals surface area (Å²) in [6, 6.07) is 4.12. The van der Waals surface area contributed by atoms with E-state index in [2.05, 4.69) is 51.7 Å². The van der Waals surface area contributed by atoms with Gasteiger partial charge in [0.25, 0.3) is 0 Å². The molecule has 3 unspecified atom stereocenters. The number of aromatic hydroxyl groups is 1. The lowest BCUT2D eigenvalue weighted by atomic mass is 9.66. The van der Waals surface area contributed by atoms with Gasteiger partial charge in [-0.15, -0.1) is 0 Å². The first-order chi connectivity index (χ1) is 18.4. The number of aliphatic hydroxyl groups is 1. The van der Waals surface area contributed by atoms with Crippen molar-refractivity contribution in [2.75, 3.05) is 19.6 Å². The van der Waals surface area contributed by atoms with Crippen LogP contribution in [0.25, 0.3) is 0 Å². The van der Waals surface area contributed by atoms with Crippen molar-refractivity contribution in [3.8, 4) is 11.5 Å². The van der Waals surface area contributed by atoms with Gasteiger partial charge in [-0.05, 0) is 87.1 Å². The summed E-state index contributed by atoms with van der Waals surface area (Å²) >= 11 is 0. The molecule has 0 radical (unpaired) electrons. The maximum Gasteiger partial charge on any atom is 0.303 e. The summed E-state index contributed by atoms with van der Waals surface area (Å²) in [6.07, 6.45) is 11.2. The normalized spacial score (nSPS) is 25.7. The second-order valence-electron chi connectivity index (χ2n) is 13.6. The number of β-amino-alcohol motifs (C(OH)–C–C–N with tert-alkyl or cyclic N) is 1. The van der Waals surface area contributed by atoms with Crippen LogP contribution in [0.3, 0.4) is 0 Å². The number of piperidine rings is 1. The van der Waals surface area contributed by atoms with Gasteiger partial charge in [0.05, 0.1) is 6.10 Å². The molecule has 2 aliphatic heterocycles. The van der Waals surface area contributed by atoms with Crippen molar-refractivity contribution in [2.45, 2.75) is 122 Å². The lowest BCUT2D eigenvalue weighted by molar-refractivity contribution is -0.138. The minimum absolute atomic E-state index is 0.0502. The Bertz CT molecular complexity index is 1040. The zero-order valence-corrected chi connectivity index (χ0v) is 24.8. The average molecular weight is 542 g/mol. The molecule has 0 spiro atoms. The van der Waals surface area contributed by atoms with Gasteiger partial charge in [-0.25, -0.2) is 0 Å². The van der Waals surface area contributed by atoms with E-state index < -0.39 is 12.1 Å². The summed E-state index contributed by atoms with van der Waals surface area (Å²) in [5.41, 5.74) is 2.61. The number of carboxylic acid groups (broad SMARTS) is 1. The van der Waals surface area contributed by atoms with Crippen LogP contribution in [-0.2, 0) is 10.2 Å². The number of aliphatic carboxylic acids is 1. The van der Waals surface area contributed by atoms with Crippen LogP contribution in [0.15, 0.2) is 23.8 Å². The third-order valence-corrected chi connectivity index (χ3v) is 9.69. The predicted octanol–water partition coefficient (Wildman–Crippen LogP) is 6.78. The Balaban J connectivity index is 1.51. The minimum Gasteiger partial charge on any atom is -0.508 e. The molecule has 6 nitrogen and oxygen atoms in total. The molecule has 1 aromatic rings. The number of carbonyl (C=O) groups is 1. The molecule has 0 amide bonds. The molecule has 0 saturated carbocycles. The maximum atomic E-state index is 11.4. The Hall–Kier alpha value is -2.05. The van der Waals surface area contributed by atoms with Crippen molar-refractivity contribution >= 4 is 5.97 Å². The molecule has 1 saturated heterocycles. The molecule has 1 aliphatic carbocycles. The highest BCUT2D eigenvalue weighted by Crippen LogP contribution is 2.55. The SMILES string of the molecule is CCCCCCC(C)(C)c1cc(O)c2c(c1)OC(C)(C)[C@@H]1CC=C(C(O)CN3CCCC(CC(=O)O)C3)CC21. The second-order valence-corrected chi connectivity index (χ2v) is 13.6. The number of unbranched alkanes of at least 4 members (excludes halogenated alkanes) is 3. The number of phenols is 1. The summed E-state index contributed by atoms with van der Waals surface area (Å²) in [7, 11) is 0. The molecule has 218 valence electrons. The van der Waals surface area contributed by atoms with Gasteiger partial charge in [0, 0.05) is 36.9 Å². The molecule has 0 aromatic heterocycles. The van der Waals surface area contributed by atoms with E-state index in [1.807, 2.05) is 6.07 Å². The van der Waals surface area contributed by atoms with Crippen molar-refractivity contribution in [3.05, 3.63) is 34.9 Å². The molecule has 2 heterocycles. The number of nitrogens with zero attached hydrogens (tertiary/aromatic N) is 1. The van der Waals surface area contributed by atoms with E-state index in [9.17, 15) is 20.1 Å². The predicted molar refractivity (Wildman–Crippen MR) is 156 cm³/mol. The van der Waals surface area contributed by atoms with Gasteiger partial charge < -0.3 is 25.0 Å². The van der Waals surface area contributed by atoms with Crippen molar-refractivity contribution in [1.82, 2.24) is 4.90 Å². The van der Waals surface area contributed by atoms with E-state index in [0.717, 1.165) is 61.2 Å². The molecule has 3 N–H and O–H groups in total. The summed E-state index contributed by atoms with van der Waals surface area (Å²) < 4.78 is 6.60. The number of phenolic OH excluding ortho intramolecular Hbond substituents is 1. The highest BCUT2D eigenvalue weighted by molar-refractivity contribution is 5.67. The quantitative estimate of drug-likeness (QED) is 0.211. The fourth-order valence-corrected chi connectivity index (χ4v) is 7.32. The maximum absolute atomic E-state index is 11.4. The molecule has 0 bridgehead atoms. The molecule has 6 heteroatoms. The molecular formula is C33H51NO5. The van der Waals surface area contributed by atoms with Gasteiger partial charge in [-0.2, -0.15) is 0 Å². The highest BCUT2D eigenvalue weighted by atomic mass is 16.5. The van der Waals surface area contributed by atoms with Gasteiger partial charge in [0.15, 0.2) is 0 Å². The Morgan fingerprint density at radius 3 is 2.72 bits per heavy atom. The van der Waals surface area contributed by atoms with Gasteiger partial charge >= 0.3 is 5.97 Å². The van der Waals surface area contributed by atoms with Crippen LogP contribution in [0.1, 0.15) is 116 Å². The van der Waals surface area contributed by atoms with Crippen LogP contribution in [0.2, 0.25) is 0 Å². The van der Waals surface area contributed by atoms with Crippen LogP contribution in [0.4, 0.5) is 0 Å². The first kappa shape index (κ1) is 29.9. The van der Waals surface area contributed by atoms with E-state index in [1.54, 1.807) is 0 Å². The molecule has 4 atom stereocenters. The zero-order valence-electron chi connectivity index (χ0n) is 24.8. The highest BCUT2D eigenvalue weighted by Gasteiger charge is 2.47. The van der Waals surface area contributed by atoms with E-state index >= 15 is 0 Å². The summed E-state index contributed by atoms with van der Waals surface area (Å²) in [5, 5.41) is 31.9. The standard InChI is InChI=1S/C33H51NO5/c1-6-7-8-9-14-32(2,3)24-18-27(35)31-25-17-23(12-13-26(25)33(4,5)39-29(31)19-24)28(36)21-34-15-10-11-22(20-34)16-30(37)38/h12,18-19,22,25-26,28,35-36H,6-11,13-17,20-21H2,1-5H3,(H,37,38)/t22?,25?,26-,28?/m1/s1. The third kappa shape index (κ3) is 7.00. The Kier molecular flexibility index (Phi) is 9.37. The average Bonchev–Trinajstić information content (AvgIpc) is 2.85. The van der Waals surface area contributed by atoms with Crippen molar-refractivity contribution in [1.29, 1.82) is 0 Å². The van der Waals surface area contributed by atoms with Crippen LogP contribution in [0.5, 0.6) is 11.5 Å². The Labute approximate surface area is 235 Å². The smallest absolute Gasteiger partial charge is 0.303 e. The molecule has 4 rings (SSSR count). The van der Waals surface area contributed by atoms with Gasteiger partial charge in [-0.3, -0.25) is 4.79 Å². The molecule has 3 aliphatic rings. The zero-order chi connectivity index (χ0) is 28.4. The Morgan fingerprint density at radius 1 is 1.23 bits per heavy atom. The van der Waals surface area contributed by atoms with Gasteiger partial charge in [-0.1, -0.05) is 52.5 Å². The topological polar surface area (TPSA) is 90.2 Å². The fourth-order valence-electron chi connectivity index (χ4n) is 7.32.